The first-order valence-corrected chi connectivity index (χ1v) is 14.0. The molecule has 4 rings (SSSR count). The lowest BCUT2D eigenvalue weighted by Crippen LogP contribution is -2.40. The van der Waals surface area contributed by atoms with E-state index in [1.54, 1.807) is 28.6 Å². The highest BCUT2D eigenvalue weighted by atomic mass is 32.2. The Kier molecular flexibility index (Phi) is 8.26. The Morgan fingerprint density at radius 2 is 1.61 bits per heavy atom. The number of nitrogens with zero attached hydrogens (tertiary/aromatic N) is 3. The van der Waals surface area contributed by atoms with Gasteiger partial charge in [-0.05, 0) is 70.1 Å². The molecule has 0 unspecified atom stereocenters. The van der Waals surface area contributed by atoms with Crippen LogP contribution in [0.25, 0.3) is 0 Å². The molecule has 1 aliphatic rings. The van der Waals surface area contributed by atoms with Crippen LogP contribution in [0.3, 0.4) is 0 Å². The van der Waals surface area contributed by atoms with E-state index in [2.05, 4.69) is 36.3 Å². The second-order valence-electron chi connectivity index (χ2n) is 9.85. The number of benzene rings is 2. The minimum atomic E-state index is -3.69. The van der Waals surface area contributed by atoms with E-state index in [1.165, 1.54) is 5.56 Å². The molecule has 0 aliphatic heterocycles. The third-order valence-corrected chi connectivity index (χ3v) is 9.09. The van der Waals surface area contributed by atoms with Crippen LogP contribution in [0.4, 0.5) is 0 Å². The van der Waals surface area contributed by atoms with Gasteiger partial charge in [0.25, 0.3) is 0 Å². The smallest absolute Gasteiger partial charge is 0.243 e. The van der Waals surface area contributed by atoms with Crippen molar-refractivity contribution in [1.82, 2.24) is 14.4 Å². The summed E-state index contributed by atoms with van der Waals surface area (Å²) >= 11 is 0. The molecular formula is C28H35N3O4S. The summed E-state index contributed by atoms with van der Waals surface area (Å²) in [6.07, 6.45) is 4.41. The molecule has 1 fully saturated rings. The Bertz CT molecular complexity index is 1230. The number of carbonyl (C=O) groups is 1. The van der Waals surface area contributed by atoms with Crippen LogP contribution >= 0.6 is 0 Å². The number of aryl methyl sites for hydroxylation is 3. The zero-order valence-electron chi connectivity index (χ0n) is 21.3. The number of aromatic nitrogens is 1. The lowest BCUT2D eigenvalue weighted by atomic mass is 9.85. The predicted molar refractivity (Wildman–Crippen MR) is 139 cm³/mol. The fraction of sp³-hybridized carbons (Fsp3) is 0.429. The largest absolute Gasteiger partial charge is 0.361 e. The van der Waals surface area contributed by atoms with Crippen LogP contribution in [-0.4, -0.2) is 41.8 Å². The molecule has 0 atom stereocenters. The Balaban J connectivity index is 1.45. The molecule has 192 valence electrons. The van der Waals surface area contributed by atoms with Gasteiger partial charge in [-0.1, -0.05) is 53.2 Å². The zero-order valence-corrected chi connectivity index (χ0v) is 22.1. The minimum Gasteiger partial charge on any atom is -0.361 e. The van der Waals surface area contributed by atoms with Crippen LogP contribution in [0.1, 0.15) is 53.8 Å². The number of hydrogen-bond donors (Lipinski definition) is 0. The molecule has 1 aliphatic carbocycles. The maximum Gasteiger partial charge on any atom is 0.243 e. The Labute approximate surface area is 214 Å². The van der Waals surface area contributed by atoms with Crippen molar-refractivity contribution in [3.8, 4) is 0 Å². The highest BCUT2D eigenvalue weighted by Gasteiger charge is 2.32. The number of amides is 1. The molecule has 0 N–H and O–H groups in total. The number of hydrogen-bond acceptors (Lipinski definition) is 5. The molecule has 7 nitrogen and oxygen atoms in total. The van der Waals surface area contributed by atoms with Crippen molar-refractivity contribution in [3.63, 3.8) is 0 Å². The molecule has 8 heteroatoms. The van der Waals surface area contributed by atoms with Gasteiger partial charge < -0.3 is 9.42 Å². The number of rotatable bonds is 10. The van der Waals surface area contributed by atoms with E-state index in [-0.39, 0.29) is 23.4 Å². The van der Waals surface area contributed by atoms with Crippen molar-refractivity contribution in [1.29, 1.82) is 0 Å². The monoisotopic (exact) mass is 509 g/mol. The van der Waals surface area contributed by atoms with Crippen LogP contribution in [0.2, 0.25) is 0 Å². The topological polar surface area (TPSA) is 83.7 Å². The maximum absolute atomic E-state index is 13.6. The predicted octanol–water partition coefficient (Wildman–Crippen LogP) is 5.01. The van der Waals surface area contributed by atoms with Gasteiger partial charge in [0.15, 0.2) is 0 Å². The van der Waals surface area contributed by atoms with Crippen molar-refractivity contribution in [3.05, 3.63) is 82.7 Å². The third kappa shape index (κ3) is 6.05. The van der Waals surface area contributed by atoms with Crippen molar-refractivity contribution in [2.75, 3.05) is 6.54 Å². The number of sulfonamides is 1. The standard InChI is InChI=1S/C28H35N3O4S/c1-21-9-11-24(12-10-21)17-30(20-32)26-15-13-25(14-16-26)18-31(19-28-22(2)29-35-23(28)3)36(33,34)27-7-5-4-6-8-27/h4-12,20,25-26H,13-19H2,1-3H3. The molecule has 1 aromatic heterocycles. The Hall–Kier alpha value is -2.97. The van der Waals surface area contributed by atoms with E-state index < -0.39 is 10.0 Å². The van der Waals surface area contributed by atoms with E-state index in [0.29, 0.717) is 24.5 Å². The summed E-state index contributed by atoms with van der Waals surface area (Å²) in [5.41, 5.74) is 3.84. The van der Waals surface area contributed by atoms with Gasteiger partial charge in [-0.15, -0.1) is 0 Å². The minimum absolute atomic E-state index is 0.168. The fourth-order valence-corrected chi connectivity index (χ4v) is 6.50. The second-order valence-corrected chi connectivity index (χ2v) is 11.8. The van der Waals surface area contributed by atoms with Gasteiger partial charge in [0.05, 0.1) is 10.6 Å². The van der Waals surface area contributed by atoms with Crippen LogP contribution in [0.5, 0.6) is 0 Å². The van der Waals surface area contributed by atoms with E-state index in [9.17, 15) is 13.2 Å². The lowest BCUT2D eigenvalue weighted by Gasteiger charge is -2.36. The maximum atomic E-state index is 13.6. The molecule has 0 radical (unpaired) electrons. The molecule has 0 bridgehead atoms. The second kappa shape index (κ2) is 11.4. The molecular weight excluding hydrogens is 474 g/mol. The first-order chi connectivity index (χ1) is 17.3. The Morgan fingerprint density at radius 3 is 2.19 bits per heavy atom. The van der Waals surface area contributed by atoms with E-state index in [0.717, 1.165) is 43.2 Å². The normalized spacial score (nSPS) is 18.3. The summed E-state index contributed by atoms with van der Waals surface area (Å²) in [6.45, 7) is 6.96. The summed E-state index contributed by atoms with van der Waals surface area (Å²) < 4.78 is 34.1. The van der Waals surface area contributed by atoms with Crippen LogP contribution in [0.15, 0.2) is 64.0 Å². The third-order valence-electron chi connectivity index (χ3n) is 7.26. The first kappa shape index (κ1) is 26.1. The van der Waals surface area contributed by atoms with E-state index in [4.69, 9.17) is 4.52 Å². The van der Waals surface area contributed by atoms with Crippen LogP contribution in [-0.2, 0) is 27.9 Å². The first-order valence-electron chi connectivity index (χ1n) is 12.5. The van der Waals surface area contributed by atoms with E-state index in [1.807, 2.05) is 24.8 Å². The number of carbonyl (C=O) groups excluding carboxylic acids is 1. The van der Waals surface area contributed by atoms with Gasteiger partial charge in [-0.25, -0.2) is 8.42 Å². The highest BCUT2D eigenvalue weighted by Crippen LogP contribution is 2.31. The van der Waals surface area contributed by atoms with Gasteiger partial charge in [0.2, 0.25) is 16.4 Å². The fourth-order valence-electron chi connectivity index (χ4n) is 5.00. The van der Waals surface area contributed by atoms with Gasteiger partial charge in [0, 0.05) is 31.2 Å². The van der Waals surface area contributed by atoms with Gasteiger partial charge in [-0.2, -0.15) is 4.31 Å². The molecule has 0 spiro atoms. The van der Waals surface area contributed by atoms with Gasteiger partial charge in [0.1, 0.15) is 5.76 Å². The average Bonchev–Trinajstić information content (AvgIpc) is 3.21. The SMILES string of the molecule is Cc1ccc(CN(C=O)C2CCC(CN(Cc3c(C)noc3C)S(=O)(=O)c3ccccc3)CC2)cc1. The van der Waals surface area contributed by atoms with Crippen molar-refractivity contribution < 1.29 is 17.7 Å². The molecule has 3 aromatic rings. The Morgan fingerprint density at radius 1 is 0.944 bits per heavy atom. The summed E-state index contributed by atoms with van der Waals surface area (Å²) in [6, 6.07) is 17.0. The van der Waals surface area contributed by atoms with Crippen LogP contribution in [0, 0.1) is 26.7 Å². The molecule has 0 saturated heterocycles. The quantitative estimate of drug-likeness (QED) is 0.359. The van der Waals surface area contributed by atoms with Crippen molar-refractivity contribution in [2.24, 2.45) is 5.92 Å². The van der Waals surface area contributed by atoms with E-state index >= 15 is 0 Å². The lowest BCUT2D eigenvalue weighted by molar-refractivity contribution is -0.121. The molecule has 1 amide bonds. The highest BCUT2D eigenvalue weighted by molar-refractivity contribution is 7.89. The summed E-state index contributed by atoms with van der Waals surface area (Å²) in [4.78, 5) is 14.1. The average molecular weight is 510 g/mol. The molecule has 1 saturated carbocycles. The molecule has 36 heavy (non-hydrogen) atoms. The summed E-state index contributed by atoms with van der Waals surface area (Å²) in [7, 11) is -3.69. The zero-order chi connectivity index (χ0) is 25.7. The van der Waals surface area contributed by atoms with Crippen molar-refractivity contribution >= 4 is 16.4 Å². The van der Waals surface area contributed by atoms with Gasteiger partial charge in [-0.3, -0.25) is 4.79 Å². The summed E-state index contributed by atoms with van der Waals surface area (Å²) in [5.74, 6) is 0.857. The summed E-state index contributed by atoms with van der Waals surface area (Å²) in [5, 5.41) is 4.01. The van der Waals surface area contributed by atoms with Crippen LogP contribution < -0.4 is 0 Å². The molecule has 2 aromatic carbocycles. The molecule has 1 heterocycles. The van der Waals surface area contributed by atoms with Gasteiger partial charge >= 0.3 is 0 Å². The van der Waals surface area contributed by atoms with Crippen molar-refractivity contribution in [2.45, 2.75) is 70.5 Å².